The van der Waals surface area contributed by atoms with Crippen molar-refractivity contribution in [2.24, 2.45) is 0 Å². The summed E-state index contributed by atoms with van der Waals surface area (Å²) in [6.07, 6.45) is -3.30. The number of carbonyl (C=O) groups excluding carboxylic acids is 1. The van der Waals surface area contributed by atoms with Crippen LogP contribution in [0.25, 0.3) is 0 Å². The minimum atomic E-state index is -5.03. The fourth-order valence-corrected chi connectivity index (χ4v) is 4.75. The number of nitrogens with one attached hydrogen (secondary N) is 1. The van der Waals surface area contributed by atoms with Gasteiger partial charge < -0.3 is 4.90 Å². The number of amides is 1. The molecule has 162 valence electrons. The van der Waals surface area contributed by atoms with Crippen LogP contribution in [0, 0.1) is 5.82 Å². The molecule has 1 fully saturated rings. The molecule has 1 amide bonds. The van der Waals surface area contributed by atoms with Crippen molar-refractivity contribution in [3.63, 3.8) is 0 Å². The summed E-state index contributed by atoms with van der Waals surface area (Å²) in [6, 6.07) is 3.71. The molecule has 0 unspecified atom stereocenters. The largest absolute Gasteiger partial charge is 0.417 e. The molecule has 0 aliphatic carbocycles. The number of nitrogens with zero attached hydrogens (tertiary/aromatic N) is 2. The van der Waals surface area contributed by atoms with Gasteiger partial charge in [-0.3, -0.25) is 4.79 Å². The number of benzene rings is 1. The Labute approximate surface area is 174 Å². The third-order valence-corrected chi connectivity index (χ3v) is 6.42. The van der Waals surface area contributed by atoms with E-state index in [-0.39, 0.29) is 43.1 Å². The minimum Gasteiger partial charge on any atom is -0.338 e. The number of halogens is 5. The molecule has 1 aromatic heterocycles. The first-order chi connectivity index (χ1) is 14.0. The summed E-state index contributed by atoms with van der Waals surface area (Å²) in [5, 5.41) is 0.235. The van der Waals surface area contributed by atoms with Crippen molar-refractivity contribution >= 4 is 27.5 Å². The van der Waals surface area contributed by atoms with Crippen molar-refractivity contribution in [3.05, 3.63) is 58.6 Å². The molecule has 2 aromatic rings. The quantitative estimate of drug-likeness (QED) is 0.554. The highest BCUT2D eigenvalue weighted by atomic mass is 35.5. The van der Waals surface area contributed by atoms with E-state index in [4.69, 9.17) is 11.6 Å². The number of hydrogen-bond donors (Lipinski definition) is 1. The van der Waals surface area contributed by atoms with E-state index in [9.17, 15) is 30.8 Å². The van der Waals surface area contributed by atoms with Gasteiger partial charge in [-0.05, 0) is 43.2 Å². The van der Waals surface area contributed by atoms with Gasteiger partial charge in [-0.1, -0.05) is 11.6 Å². The van der Waals surface area contributed by atoms with Crippen molar-refractivity contribution in [2.75, 3.05) is 13.1 Å². The average Bonchev–Trinajstić information content (AvgIpc) is 2.67. The van der Waals surface area contributed by atoms with Crippen LogP contribution in [0.1, 0.15) is 28.8 Å². The second kappa shape index (κ2) is 8.48. The van der Waals surface area contributed by atoms with E-state index >= 15 is 0 Å². The van der Waals surface area contributed by atoms with Crippen LogP contribution in [0.2, 0.25) is 5.15 Å². The predicted octanol–water partition coefficient (Wildman–Crippen LogP) is 3.48. The Hall–Kier alpha value is -2.24. The number of pyridine rings is 1. The number of hydrogen-bond acceptors (Lipinski definition) is 4. The maximum Gasteiger partial charge on any atom is 0.417 e. The molecule has 0 saturated carbocycles. The van der Waals surface area contributed by atoms with Gasteiger partial charge in [0.25, 0.3) is 5.91 Å². The number of likely N-dealkylation sites (tertiary alicyclic amines) is 1. The Bertz CT molecular complexity index is 1040. The lowest BCUT2D eigenvalue weighted by Gasteiger charge is -2.32. The minimum absolute atomic E-state index is 0.149. The first-order valence-electron chi connectivity index (χ1n) is 8.77. The highest BCUT2D eigenvalue weighted by Crippen LogP contribution is 2.35. The Morgan fingerprint density at radius 2 is 1.83 bits per heavy atom. The number of sulfonamides is 1. The number of carbonyl (C=O) groups is 1. The van der Waals surface area contributed by atoms with Gasteiger partial charge in [0.05, 0.1) is 16.0 Å². The van der Waals surface area contributed by atoms with Gasteiger partial charge in [0.2, 0.25) is 10.0 Å². The van der Waals surface area contributed by atoms with E-state index in [2.05, 4.69) is 9.71 Å². The number of piperidine rings is 1. The SMILES string of the molecule is O=C(c1ccc(Cl)nc1)N1CCC(NS(=O)(=O)c2ccc(F)cc2C(F)(F)F)CC1. The molecule has 0 radical (unpaired) electrons. The van der Waals surface area contributed by atoms with Gasteiger partial charge >= 0.3 is 6.18 Å². The van der Waals surface area contributed by atoms with E-state index < -0.39 is 38.5 Å². The zero-order valence-electron chi connectivity index (χ0n) is 15.3. The molecule has 12 heteroatoms. The van der Waals surface area contributed by atoms with Gasteiger partial charge in [0.1, 0.15) is 11.0 Å². The van der Waals surface area contributed by atoms with E-state index in [0.29, 0.717) is 17.7 Å². The highest BCUT2D eigenvalue weighted by molar-refractivity contribution is 7.89. The fourth-order valence-electron chi connectivity index (χ4n) is 3.13. The Balaban J connectivity index is 1.69. The third kappa shape index (κ3) is 5.08. The molecule has 0 spiro atoms. The first-order valence-corrected chi connectivity index (χ1v) is 10.6. The first kappa shape index (κ1) is 22.4. The van der Waals surface area contributed by atoms with Crippen molar-refractivity contribution in [2.45, 2.75) is 30.0 Å². The molecule has 1 aliphatic rings. The van der Waals surface area contributed by atoms with Crippen molar-refractivity contribution in [3.8, 4) is 0 Å². The van der Waals surface area contributed by atoms with Crippen LogP contribution in [-0.4, -0.2) is 43.3 Å². The maximum absolute atomic E-state index is 13.2. The highest BCUT2D eigenvalue weighted by Gasteiger charge is 2.38. The molecular weight excluding hydrogens is 450 g/mol. The van der Waals surface area contributed by atoms with Gasteiger partial charge in [0.15, 0.2) is 0 Å². The lowest BCUT2D eigenvalue weighted by atomic mass is 10.1. The lowest BCUT2D eigenvalue weighted by Crippen LogP contribution is -2.46. The van der Waals surface area contributed by atoms with Crippen LogP contribution in [0.5, 0.6) is 0 Å². The van der Waals surface area contributed by atoms with Gasteiger partial charge in [0, 0.05) is 25.3 Å². The second-order valence-corrected chi connectivity index (χ2v) is 8.77. The Kier molecular flexibility index (Phi) is 6.34. The van der Waals surface area contributed by atoms with Gasteiger partial charge in [-0.25, -0.2) is 22.5 Å². The molecule has 6 nitrogen and oxygen atoms in total. The van der Waals surface area contributed by atoms with Crippen LogP contribution in [0.15, 0.2) is 41.4 Å². The second-order valence-electron chi connectivity index (χ2n) is 6.70. The van der Waals surface area contributed by atoms with Crippen LogP contribution in [-0.2, 0) is 16.2 Å². The van der Waals surface area contributed by atoms with Crippen LogP contribution >= 0.6 is 11.6 Å². The summed E-state index contributed by atoms with van der Waals surface area (Å²) >= 11 is 5.69. The maximum atomic E-state index is 13.2. The van der Waals surface area contributed by atoms with E-state index in [1.165, 1.54) is 23.2 Å². The van der Waals surface area contributed by atoms with E-state index in [0.717, 1.165) is 0 Å². The molecule has 2 heterocycles. The van der Waals surface area contributed by atoms with Gasteiger partial charge in [-0.2, -0.15) is 13.2 Å². The monoisotopic (exact) mass is 465 g/mol. The summed E-state index contributed by atoms with van der Waals surface area (Å²) in [4.78, 5) is 16.7. The smallest absolute Gasteiger partial charge is 0.338 e. The summed E-state index contributed by atoms with van der Waals surface area (Å²) in [6.45, 7) is 0.397. The lowest BCUT2D eigenvalue weighted by molar-refractivity contribution is -0.140. The van der Waals surface area contributed by atoms with E-state index in [1.54, 1.807) is 0 Å². The summed E-state index contributed by atoms with van der Waals surface area (Å²) in [5.41, 5.74) is -1.25. The average molecular weight is 466 g/mol. The Morgan fingerprint density at radius 1 is 1.17 bits per heavy atom. The third-order valence-electron chi connectivity index (χ3n) is 4.61. The number of rotatable bonds is 4. The van der Waals surface area contributed by atoms with Gasteiger partial charge in [-0.15, -0.1) is 0 Å². The molecule has 30 heavy (non-hydrogen) atoms. The summed E-state index contributed by atoms with van der Waals surface area (Å²) in [7, 11) is -4.55. The van der Waals surface area contributed by atoms with Crippen molar-refractivity contribution in [1.29, 1.82) is 0 Å². The van der Waals surface area contributed by atoms with Crippen LogP contribution in [0.4, 0.5) is 17.6 Å². The molecule has 1 aliphatic heterocycles. The zero-order valence-corrected chi connectivity index (χ0v) is 16.9. The normalized spacial score (nSPS) is 16.0. The van der Waals surface area contributed by atoms with E-state index in [1.807, 2.05) is 0 Å². The fraction of sp³-hybridized carbons (Fsp3) is 0.333. The molecule has 1 aromatic carbocycles. The number of aromatic nitrogens is 1. The molecule has 0 bridgehead atoms. The standard InChI is InChI=1S/C18H16ClF4N3O3S/c19-16-4-1-11(10-24-16)17(27)26-7-5-13(6-8-26)25-30(28,29)15-3-2-12(20)9-14(15)18(21,22)23/h1-4,9-10,13,25H,5-8H2. The van der Waals surface area contributed by atoms with Crippen LogP contribution in [0.3, 0.4) is 0 Å². The topological polar surface area (TPSA) is 79.4 Å². The molecular formula is C18H16ClF4N3O3S. The molecule has 1 saturated heterocycles. The van der Waals surface area contributed by atoms with Crippen LogP contribution < -0.4 is 4.72 Å². The molecule has 0 atom stereocenters. The Morgan fingerprint density at radius 3 is 2.40 bits per heavy atom. The van der Waals surface area contributed by atoms with Crippen molar-refractivity contribution < 1.29 is 30.8 Å². The zero-order chi connectivity index (χ0) is 22.1. The number of alkyl halides is 3. The molecule has 1 N–H and O–H groups in total. The summed E-state index contributed by atoms with van der Waals surface area (Å²) in [5.74, 6) is -1.50. The predicted molar refractivity (Wildman–Crippen MR) is 99.9 cm³/mol. The van der Waals surface area contributed by atoms with Crippen molar-refractivity contribution in [1.82, 2.24) is 14.6 Å². The summed E-state index contributed by atoms with van der Waals surface area (Å²) < 4.78 is 79.9. The molecule has 3 rings (SSSR count).